The highest BCUT2D eigenvalue weighted by atomic mass is 16.6. The van der Waals surface area contributed by atoms with Crippen LogP contribution in [0.1, 0.15) is 41.3 Å². The number of Topliss-reactive ketones (excluding diaryl/α,β-unsaturated/α-hetero) is 1. The molecule has 0 aromatic heterocycles. The molecule has 38 heavy (non-hydrogen) atoms. The molecule has 0 bridgehead atoms. The number of β-amino-alcohol motifs (C(OH)–C–C–N with tert-alkyl or cyclic N) is 1. The molecule has 1 unspecified atom stereocenters. The number of methoxy groups -OCH3 is 1. The van der Waals surface area contributed by atoms with E-state index in [1.54, 1.807) is 49.6 Å². The number of ketones is 1. The van der Waals surface area contributed by atoms with Crippen LogP contribution in [0.5, 0.6) is 17.2 Å². The third-order valence-electron chi connectivity index (χ3n) is 6.70. The number of aliphatic hydroxyl groups is 2. The predicted octanol–water partition coefficient (Wildman–Crippen LogP) is 1.73. The highest BCUT2D eigenvalue weighted by Crippen LogP contribution is 2.33. The number of nitrogens with one attached hydrogen (secondary N) is 1. The van der Waals surface area contributed by atoms with E-state index in [0.717, 1.165) is 0 Å². The minimum Gasteiger partial charge on any atom is -0.497 e. The van der Waals surface area contributed by atoms with Gasteiger partial charge in [0.05, 0.1) is 32.5 Å². The van der Waals surface area contributed by atoms with Gasteiger partial charge in [-0.3, -0.25) is 14.5 Å². The van der Waals surface area contributed by atoms with Crippen LogP contribution in [0.25, 0.3) is 0 Å². The third kappa shape index (κ3) is 7.67. The number of fused-ring (bicyclic) bond motifs is 1. The van der Waals surface area contributed by atoms with Crippen LogP contribution in [0, 0.1) is 0 Å². The smallest absolute Gasteiger partial charge is 0.222 e. The number of ether oxygens (including phenoxy) is 4. The Balaban J connectivity index is 1.27. The molecule has 2 heterocycles. The SMILES string of the molecule is COc1ccc(C(=O)CCOCCC(=O)N[C@H](CN2CC[C@@H](O)C2)C(O)c2ccc3c(c2)OCCO3)cc1. The number of nitrogens with zero attached hydrogens (tertiary/aromatic N) is 1. The first-order valence-corrected chi connectivity index (χ1v) is 13.0. The number of likely N-dealkylation sites (tertiary alicyclic amines) is 1. The summed E-state index contributed by atoms with van der Waals surface area (Å²) >= 11 is 0. The lowest BCUT2D eigenvalue weighted by Gasteiger charge is -2.29. The van der Waals surface area contributed by atoms with Crippen molar-refractivity contribution in [2.45, 2.75) is 37.5 Å². The molecular weight excluding hydrogens is 492 g/mol. The van der Waals surface area contributed by atoms with E-state index >= 15 is 0 Å². The van der Waals surface area contributed by atoms with Crippen LogP contribution in [0.15, 0.2) is 42.5 Å². The van der Waals surface area contributed by atoms with Crippen molar-refractivity contribution < 1.29 is 38.7 Å². The standard InChI is InChI=1S/C28H36N2O8/c1-35-22-5-2-19(3-6-22)24(32)9-12-36-13-10-27(33)29-23(18-30-11-8-21(31)17-30)28(34)20-4-7-25-26(16-20)38-15-14-37-25/h2-7,16,21,23,28,31,34H,8-15,17-18H2,1H3,(H,29,33)/t21-,23-,28?/m1/s1. The number of amides is 1. The van der Waals surface area contributed by atoms with Gasteiger partial charge in [-0.2, -0.15) is 0 Å². The second kappa shape index (κ2) is 13.6. The van der Waals surface area contributed by atoms with Gasteiger partial charge in [0.15, 0.2) is 17.3 Å². The third-order valence-corrected chi connectivity index (χ3v) is 6.70. The number of carbonyl (C=O) groups is 2. The summed E-state index contributed by atoms with van der Waals surface area (Å²) in [5, 5.41) is 24.0. The molecule has 2 aromatic carbocycles. The molecule has 4 rings (SSSR count). The molecule has 1 saturated heterocycles. The number of benzene rings is 2. The van der Waals surface area contributed by atoms with Gasteiger partial charge in [0.2, 0.25) is 5.91 Å². The van der Waals surface area contributed by atoms with Gasteiger partial charge in [-0.05, 0) is 48.4 Å². The van der Waals surface area contributed by atoms with Gasteiger partial charge >= 0.3 is 0 Å². The van der Waals surface area contributed by atoms with Crippen LogP contribution >= 0.6 is 0 Å². The lowest BCUT2D eigenvalue weighted by molar-refractivity contribution is -0.124. The maximum atomic E-state index is 12.7. The Morgan fingerprint density at radius 1 is 1.08 bits per heavy atom. The van der Waals surface area contributed by atoms with Crippen LogP contribution in [0.2, 0.25) is 0 Å². The van der Waals surface area contributed by atoms with Crippen molar-refractivity contribution in [3.63, 3.8) is 0 Å². The normalized spacial score (nSPS) is 18.6. The molecule has 2 aliphatic heterocycles. The second-order valence-electron chi connectivity index (χ2n) is 9.49. The summed E-state index contributed by atoms with van der Waals surface area (Å²) in [7, 11) is 1.57. The second-order valence-corrected chi connectivity index (χ2v) is 9.49. The van der Waals surface area contributed by atoms with Gasteiger partial charge in [0, 0.05) is 38.0 Å². The Labute approximate surface area is 222 Å². The molecule has 3 N–H and O–H groups in total. The van der Waals surface area contributed by atoms with E-state index in [1.165, 1.54) is 0 Å². The molecule has 0 radical (unpaired) electrons. The number of hydrogen-bond donors (Lipinski definition) is 3. The molecule has 10 nitrogen and oxygen atoms in total. The zero-order chi connectivity index (χ0) is 26.9. The van der Waals surface area contributed by atoms with Gasteiger partial charge in [-0.1, -0.05) is 6.07 Å². The van der Waals surface area contributed by atoms with Crippen LogP contribution in [-0.2, 0) is 9.53 Å². The van der Waals surface area contributed by atoms with Crippen LogP contribution < -0.4 is 19.5 Å². The molecule has 2 aliphatic rings. The van der Waals surface area contributed by atoms with Gasteiger partial charge in [0.1, 0.15) is 25.1 Å². The Kier molecular flexibility index (Phi) is 9.94. The van der Waals surface area contributed by atoms with E-state index in [4.69, 9.17) is 18.9 Å². The highest BCUT2D eigenvalue weighted by Gasteiger charge is 2.29. The number of rotatable bonds is 13. The van der Waals surface area contributed by atoms with Crippen molar-refractivity contribution in [1.29, 1.82) is 0 Å². The van der Waals surface area contributed by atoms with Crippen molar-refractivity contribution in [3.8, 4) is 17.2 Å². The largest absolute Gasteiger partial charge is 0.497 e. The van der Waals surface area contributed by atoms with E-state index in [1.807, 2.05) is 4.90 Å². The monoisotopic (exact) mass is 528 g/mol. The van der Waals surface area contributed by atoms with Crippen molar-refractivity contribution in [2.75, 3.05) is 53.2 Å². The average molecular weight is 529 g/mol. The fraction of sp³-hybridized carbons (Fsp3) is 0.500. The number of aliphatic hydroxyl groups excluding tert-OH is 2. The molecule has 10 heteroatoms. The van der Waals surface area contributed by atoms with E-state index in [9.17, 15) is 19.8 Å². The van der Waals surface area contributed by atoms with Gasteiger partial charge in [0.25, 0.3) is 0 Å². The minimum atomic E-state index is -0.990. The highest BCUT2D eigenvalue weighted by molar-refractivity contribution is 5.96. The molecular formula is C28H36N2O8. The van der Waals surface area contributed by atoms with Gasteiger partial charge < -0.3 is 34.5 Å². The maximum absolute atomic E-state index is 12.7. The van der Waals surface area contributed by atoms with Gasteiger partial charge in [-0.15, -0.1) is 0 Å². The van der Waals surface area contributed by atoms with E-state index < -0.39 is 18.2 Å². The fourth-order valence-corrected chi connectivity index (χ4v) is 4.59. The van der Waals surface area contributed by atoms with Gasteiger partial charge in [-0.25, -0.2) is 0 Å². The van der Waals surface area contributed by atoms with Crippen molar-refractivity contribution in [1.82, 2.24) is 10.2 Å². The summed E-state index contributed by atoms with van der Waals surface area (Å²) in [6, 6.07) is 11.5. The topological polar surface area (TPSA) is 127 Å². The fourth-order valence-electron chi connectivity index (χ4n) is 4.59. The molecule has 0 aliphatic carbocycles. The van der Waals surface area contributed by atoms with E-state index in [2.05, 4.69) is 5.32 Å². The lowest BCUT2D eigenvalue weighted by atomic mass is 10.0. The predicted molar refractivity (Wildman–Crippen MR) is 139 cm³/mol. The molecule has 2 aromatic rings. The molecule has 1 amide bonds. The Morgan fingerprint density at radius 2 is 1.82 bits per heavy atom. The zero-order valence-electron chi connectivity index (χ0n) is 21.6. The Bertz CT molecular complexity index is 1080. The zero-order valence-corrected chi connectivity index (χ0v) is 21.6. The van der Waals surface area contributed by atoms with E-state index in [-0.39, 0.29) is 37.7 Å². The first-order valence-electron chi connectivity index (χ1n) is 13.0. The van der Waals surface area contributed by atoms with E-state index in [0.29, 0.717) is 67.6 Å². The molecule has 0 saturated carbocycles. The maximum Gasteiger partial charge on any atom is 0.222 e. The quantitative estimate of drug-likeness (QED) is 0.263. The lowest BCUT2D eigenvalue weighted by Crippen LogP contribution is -2.47. The van der Waals surface area contributed by atoms with Crippen molar-refractivity contribution >= 4 is 11.7 Å². The summed E-state index contributed by atoms with van der Waals surface area (Å²) in [4.78, 5) is 27.1. The van der Waals surface area contributed by atoms with Crippen LogP contribution in [0.4, 0.5) is 0 Å². The molecule has 206 valence electrons. The Morgan fingerprint density at radius 3 is 2.53 bits per heavy atom. The summed E-state index contributed by atoms with van der Waals surface area (Å²) in [6.07, 6.45) is -0.452. The van der Waals surface area contributed by atoms with Crippen LogP contribution in [0.3, 0.4) is 0 Å². The molecule has 0 spiro atoms. The summed E-state index contributed by atoms with van der Waals surface area (Å²) < 4.78 is 21.8. The molecule has 3 atom stereocenters. The summed E-state index contributed by atoms with van der Waals surface area (Å²) in [6.45, 7) is 2.82. The summed E-state index contributed by atoms with van der Waals surface area (Å²) in [5.74, 6) is 1.55. The van der Waals surface area contributed by atoms with Crippen molar-refractivity contribution in [3.05, 3.63) is 53.6 Å². The number of hydrogen-bond acceptors (Lipinski definition) is 9. The van der Waals surface area contributed by atoms with Crippen molar-refractivity contribution in [2.24, 2.45) is 0 Å². The Hall–Kier alpha value is -3.18. The molecule has 1 fully saturated rings. The number of carbonyl (C=O) groups excluding carboxylic acids is 2. The first kappa shape index (κ1) is 27.8. The average Bonchev–Trinajstić information content (AvgIpc) is 3.36. The minimum absolute atomic E-state index is 0.0486. The first-order chi connectivity index (χ1) is 18.4. The summed E-state index contributed by atoms with van der Waals surface area (Å²) in [5.41, 5.74) is 1.18. The van der Waals surface area contributed by atoms with Crippen LogP contribution in [-0.4, -0.2) is 92.1 Å².